The Morgan fingerprint density at radius 3 is 2.14 bits per heavy atom. The van der Waals surface area contributed by atoms with Crippen molar-refractivity contribution in [2.75, 3.05) is 7.11 Å². The minimum Gasteiger partial charge on any atom is -0.497 e. The van der Waals surface area contributed by atoms with Crippen LogP contribution in [0.2, 0.25) is 0 Å². The number of amides is 1. The molecule has 4 rings (SSSR count). The van der Waals surface area contributed by atoms with E-state index in [1.165, 1.54) is 18.3 Å². The molecule has 0 atom stereocenters. The van der Waals surface area contributed by atoms with Crippen molar-refractivity contribution in [3.8, 4) is 22.6 Å². The molecule has 0 aliphatic carbocycles. The van der Waals surface area contributed by atoms with E-state index in [9.17, 15) is 13.2 Å². The van der Waals surface area contributed by atoms with Crippen molar-refractivity contribution in [2.45, 2.75) is 25.5 Å². The number of pyridine rings is 1. The van der Waals surface area contributed by atoms with Crippen LogP contribution in [0.25, 0.3) is 11.1 Å². The van der Waals surface area contributed by atoms with Crippen molar-refractivity contribution in [1.82, 2.24) is 9.71 Å². The van der Waals surface area contributed by atoms with Gasteiger partial charge in [-0.1, -0.05) is 30.3 Å². The van der Waals surface area contributed by atoms with Crippen LogP contribution in [0.15, 0.2) is 82.4 Å². The van der Waals surface area contributed by atoms with Crippen LogP contribution in [0, 0.1) is 13.8 Å². The van der Waals surface area contributed by atoms with E-state index in [1.54, 1.807) is 27.0 Å². The molecule has 0 saturated carbocycles. The molecule has 2 aromatic carbocycles. The molecule has 2 heterocycles. The van der Waals surface area contributed by atoms with E-state index < -0.39 is 15.9 Å². The summed E-state index contributed by atoms with van der Waals surface area (Å²) >= 11 is 0. The summed E-state index contributed by atoms with van der Waals surface area (Å²) in [6.45, 7) is 3.61. The second-order valence-electron chi connectivity index (χ2n) is 7.84. The summed E-state index contributed by atoms with van der Waals surface area (Å²) in [5.41, 5.74) is 3.51. The maximum atomic E-state index is 12.5. The Bertz CT molecular complexity index is 1420. The fourth-order valence-electron chi connectivity index (χ4n) is 3.30. The fourth-order valence-corrected chi connectivity index (χ4v) is 4.19. The Kier molecular flexibility index (Phi) is 6.88. The highest BCUT2D eigenvalue weighted by Crippen LogP contribution is 2.25. The normalized spacial score (nSPS) is 11.2. The molecule has 2 aromatic heterocycles. The molecule has 0 saturated heterocycles. The van der Waals surface area contributed by atoms with Crippen molar-refractivity contribution in [3.63, 3.8) is 0 Å². The highest BCUT2D eigenvalue weighted by Gasteiger charge is 2.23. The first kappa shape index (κ1) is 24.0. The maximum Gasteiger partial charge on any atom is 0.300 e. The van der Waals surface area contributed by atoms with Crippen LogP contribution in [-0.2, 0) is 16.6 Å². The predicted molar refractivity (Wildman–Crippen MR) is 130 cm³/mol. The third kappa shape index (κ3) is 5.70. The number of carbonyl (C=O) groups excluding carboxylic acids is 1. The number of nitrogens with zero attached hydrogens (tertiary/aromatic N) is 1. The van der Waals surface area contributed by atoms with E-state index in [1.807, 2.05) is 53.3 Å². The van der Waals surface area contributed by atoms with E-state index in [4.69, 9.17) is 13.9 Å². The van der Waals surface area contributed by atoms with Gasteiger partial charge in [0.2, 0.25) is 0 Å². The first-order valence-electron chi connectivity index (χ1n) is 10.7. The number of benzene rings is 2. The number of nitrogens with one attached hydrogen (secondary N) is 1. The third-order valence-electron chi connectivity index (χ3n) is 5.30. The Balaban J connectivity index is 1.39. The van der Waals surface area contributed by atoms with Gasteiger partial charge in [0.25, 0.3) is 10.0 Å². The summed E-state index contributed by atoms with van der Waals surface area (Å²) in [5, 5.41) is -0.249. The van der Waals surface area contributed by atoms with Crippen molar-refractivity contribution < 1.29 is 27.1 Å². The van der Waals surface area contributed by atoms with E-state index >= 15 is 0 Å². The van der Waals surface area contributed by atoms with Crippen LogP contribution >= 0.6 is 0 Å². The van der Waals surface area contributed by atoms with Gasteiger partial charge in [-0.2, -0.15) is 8.42 Å². The average molecular weight is 493 g/mol. The minimum atomic E-state index is -4.12. The first-order valence-corrected chi connectivity index (χ1v) is 12.2. The largest absolute Gasteiger partial charge is 0.497 e. The van der Waals surface area contributed by atoms with Gasteiger partial charge >= 0.3 is 5.91 Å². The highest BCUT2D eigenvalue weighted by atomic mass is 32.2. The van der Waals surface area contributed by atoms with Gasteiger partial charge in [0.15, 0.2) is 10.8 Å². The van der Waals surface area contributed by atoms with Gasteiger partial charge in [0.1, 0.15) is 23.9 Å². The molecule has 9 heteroatoms. The molecule has 0 fully saturated rings. The lowest BCUT2D eigenvalue weighted by atomic mass is 10.1. The molecule has 0 aliphatic rings. The van der Waals surface area contributed by atoms with Gasteiger partial charge < -0.3 is 13.9 Å². The Morgan fingerprint density at radius 1 is 0.943 bits per heavy atom. The second kappa shape index (κ2) is 10.0. The van der Waals surface area contributed by atoms with Crippen LogP contribution in [0.5, 0.6) is 11.5 Å². The predicted octanol–water partition coefficient (Wildman–Crippen LogP) is 4.66. The Morgan fingerprint density at radius 2 is 1.57 bits per heavy atom. The zero-order valence-electron chi connectivity index (χ0n) is 19.4. The average Bonchev–Trinajstić information content (AvgIpc) is 3.24. The van der Waals surface area contributed by atoms with Crippen LogP contribution in [-0.4, -0.2) is 26.4 Å². The molecule has 0 aliphatic heterocycles. The molecule has 0 unspecified atom stereocenters. The lowest BCUT2D eigenvalue weighted by molar-refractivity contribution is 0.0953. The number of furan rings is 1. The molecule has 0 radical (unpaired) electrons. The number of ether oxygens (including phenoxy) is 2. The van der Waals surface area contributed by atoms with Gasteiger partial charge in [-0.15, -0.1) is 0 Å². The smallest absolute Gasteiger partial charge is 0.300 e. The molecule has 0 bridgehead atoms. The summed E-state index contributed by atoms with van der Waals surface area (Å²) < 4.78 is 43.3. The molecule has 1 amide bonds. The molecular weight excluding hydrogens is 468 g/mol. The van der Waals surface area contributed by atoms with Gasteiger partial charge in [0, 0.05) is 11.8 Å². The minimum absolute atomic E-state index is 0.133. The van der Waals surface area contributed by atoms with Gasteiger partial charge in [-0.25, -0.2) is 9.71 Å². The summed E-state index contributed by atoms with van der Waals surface area (Å²) in [7, 11) is -2.50. The number of sulfonamides is 1. The summed E-state index contributed by atoms with van der Waals surface area (Å²) in [4.78, 5) is 16.3. The first-order chi connectivity index (χ1) is 16.7. The molecule has 35 heavy (non-hydrogen) atoms. The molecule has 180 valence electrons. The van der Waals surface area contributed by atoms with Crippen LogP contribution in [0.1, 0.15) is 27.4 Å². The van der Waals surface area contributed by atoms with Crippen LogP contribution in [0.4, 0.5) is 0 Å². The van der Waals surface area contributed by atoms with Gasteiger partial charge in [-0.3, -0.25) is 4.79 Å². The molecular formula is C26H24N2O6S. The monoisotopic (exact) mass is 492 g/mol. The summed E-state index contributed by atoms with van der Waals surface area (Å²) in [5.74, 6) is 0.872. The van der Waals surface area contributed by atoms with Gasteiger partial charge in [-0.05, 0) is 66.9 Å². The van der Waals surface area contributed by atoms with Crippen molar-refractivity contribution in [3.05, 3.63) is 95.6 Å². The quantitative estimate of drug-likeness (QED) is 0.381. The Hall–Kier alpha value is -4.11. The van der Waals surface area contributed by atoms with Crippen LogP contribution < -0.4 is 14.2 Å². The number of methoxy groups -OCH3 is 1. The van der Waals surface area contributed by atoms with Gasteiger partial charge in [0.05, 0.1) is 7.11 Å². The number of hydrogen-bond donors (Lipinski definition) is 1. The summed E-state index contributed by atoms with van der Waals surface area (Å²) in [6, 6.07) is 19.7. The number of hydrogen-bond acceptors (Lipinski definition) is 7. The highest BCUT2D eigenvalue weighted by molar-refractivity contribution is 7.90. The van der Waals surface area contributed by atoms with E-state index in [0.717, 1.165) is 22.4 Å². The molecule has 4 aromatic rings. The number of rotatable bonds is 8. The van der Waals surface area contributed by atoms with Crippen molar-refractivity contribution in [1.29, 1.82) is 0 Å². The molecule has 1 N–H and O–H groups in total. The number of carbonyl (C=O) groups is 1. The fraction of sp³-hybridized carbons (Fsp3) is 0.154. The van der Waals surface area contributed by atoms with E-state index in [-0.39, 0.29) is 17.4 Å². The Labute approximate surface area is 203 Å². The standard InChI is InChI=1S/C26H24N2O6S/c1-17-4-13-25(27-15-17)35(30,31)28-26(29)24-14-21(18(2)34-24)16-33-23-11-7-20(8-12-23)19-5-9-22(32-3)10-6-19/h4-15H,16H2,1-3H3,(H,28,29). The third-order valence-corrected chi connectivity index (χ3v) is 6.55. The maximum absolute atomic E-state index is 12.5. The van der Waals surface area contributed by atoms with Crippen molar-refractivity contribution in [2.24, 2.45) is 0 Å². The molecule has 8 nitrogen and oxygen atoms in total. The SMILES string of the molecule is COc1ccc(-c2ccc(OCc3cc(C(=O)NS(=O)(=O)c4ccc(C)cn4)oc3C)cc2)cc1. The number of aryl methyl sites for hydroxylation is 2. The summed E-state index contributed by atoms with van der Waals surface area (Å²) in [6.07, 6.45) is 1.41. The second-order valence-corrected chi connectivity index (χ2v) is 9.47. The zero-order valence-corrected chi connectivity index (χ0v) is 20.3. The lowest BCUT2D eigenvalue weighted by Crippen LogP contribution is -2.30. The zero-order chi connectivity index (χ0) is 25.0. The topological polar surface area (TPSA) is 108 Å². The van der Waals surface area contributed by atoms with E-state index in [2.05, 4.69) is 4.98 Å². The molecule has 0 spiro atoms. The van der Waals surface area contributed by atoms with Crippen molar-refractivity contribution >= 4 is 15.9 Å². The number of aromatic nitrogens is 1. The van der Waals surface area contributed by atoms with E-state index in [0.29, 0.717) is 17.1 Å². The lowest BCUT2D eigenvalue weighted by Gasteiger charge is -2.07. The van der Waals surface area contributed by atoms with Crippen LogP contribution in [0.3, 0.4) is 0 Å².